The summed E-state index contributed by atoms with van der Waals surface area (Å²) in [5, 5.41) is 0. The Morgan fingerprint density at radius 1 is 0.714 bits per heavy atom. The highest BCUT2D eigenvalue weighted by Crippen LogP contribution is 2.41. The van der Waals surface area contributed by atoms with Gasteiger partial charge in [0.2, 0.25) is 5.75 Å². The van der Waals surface area contributed by atoms with Crippen LogP contribution in [-0.4, -0.2) is 35.4 Å². The van der Waals surface area contributed by atoms with Crippen molar-refractivity contribution in [3.8, 4) is 28.4 Å². The zero-order chi connectivity index (χ0) is 15.4. The van der Waals surface area contributed by atoms with Crippen molar-refractivity contribution >= 4 is 5.69 Å². The van der Waals surface area contributed by atoms with Gasteiger partial charge in [-0.2, -0.15) is 0 Å². The van der Waals surface area contributed by atoms with Crippen molar-refractivity contribution in [2.45, 2.75) is 0 Å². The summed E-state index contributed by atoms with van der Waals surface area (Å²) >= 11 is 0. The summed E-state index contributed by atoms with van der Waals surface area (Å²) in [7, 11) is 8.89. The first-order valence-electron chi connectivity index (χ1n) is 6.68. The fourth-order valence-corrected chi connectivity index (χ4v) is 2.20. The molecule has 21 heavy (non-hydrogen) atoms. The second kappa shape index (κ2) is 6.39. The Kier molecular flexibility index (Phi) is 4.58. The molecule has 0 fully saturated rings. The van der Waals surface area contributed by atoms with Gasteiger partial charge in [-0.05, 0) is 35.4 Å². The van der Waals surface area contributed by atoms with Gasteiger partial charge in [-0.1, -0.05) is 12.1 Å². The Labute approximate surface area is 125 Å². The Bertz CT molecular complexity index is 581. The van der Waals surface area contributed by atoms with Gasteiger partial charge in [0.25, 0.3) is 0 Å². The molecule has 0 saturated heterocycles. The van der Waals surface area contributed by atoms with Crippen molar-refractivity contribution in [1.29, 1.82) is 0 Å². The first-order valence-corrected chi connectivity index (χ1v) is 6.68. The SMILES string of the molecule is COc1cc(-c2ccc(N(C)C)cc2)cc(OC)c1OC. The van der Waals surface area contributed by atoms with E-state index in [0.29, 0.717) is 17.2 Å². The zero-order valence-corrected chi connectivity index (χ0v) is 13.1. The van der Waals surface area contributed by atoms with E-state index < -0.39 is 0 Å². The lowest BCUT2D eigenvalue weighted by Crippen LogP contribution is -2.07. The molecule has 0 radical (unpaired) electrons. The van der Waals surface area contributed by atoms with Gasteiger partial charge >= 0.3 is 0 Å². The summed E-state index contributed by atoms with van der Waals surface area (Å²) in [6, 6.07) is 12.2. The molecular weight excluding hydrogens is 266 g/mol. The van der Waals surface area contributed by atoms with Crippen molar-refractivity contribution in [1.82, 2.24) is 0 Å². The average molecular weight is 287 g/mol. The van der Waals surface area contributed by atoms with Gasteiger partial charge in [-0.25, -0.2) is 0 Å². The molecule has 0 N–H and O–H groups in total. The summed E-state index contributed by atoms with van der Waals surface area (Å²) in [5.41, 5.74) is 3.28. The van der Waals surface area contributed by atoms with Crippen LogP contribution >= 0.6 is 0 Å². The quantitative estimate of drug-likeness (QED) is 0.843. The number of benzene rings is 2. The van der Waals surface area contributed by atoms with Crippen LogP contribution in [0.15, 0.2) is 36.4 Å². The molecule has 0 saturated carbocycles. The second-order valence-corrected chi connectivity index (χ2v) is 4.86. The first kappa shape index (κ1) is 15.0. The lowest BCUT2D eigenvalue weighted by molar-refractivity contribution is 0.324. The van der Waals surface area contributed by atoms with Gasteiger partial charge in [0, 0.05) is 19.8 Å². The molecule has 0 bridgehead atoms. The van der Waals surface area contributed by atoms with Crippen LogP contribution in [0.2, 0.25) is 0 Å². The third-order valence-corrected chi connectivity index (χ3v) is 3.38. The molecular formula is C17H21NO3. The fourth-order valence-electron chi connectivity index (χ4n) is 2.20. The first-order chi connectivity index (χ1) is 10.1. The van der Waals surface area contributed by atoms with E-state index in [9.17, 15) is 0 Å². The molecule has 0 atom stereocenters. The van der Waals surface area contributed by atoms with Crippen molar-refractivity contribution in [2.75, 3.05) is 40.3 Å². The van der Waals surface area contributed by atoms with Gasteiger partial charge in [0.1, 0.15) is 0 Å². The van der Waals surface area contributed by atoms with E-state index >= 15 is 0 Å². The number of hydrogen-bond acceptors (Lipinski definition) is 4. The molecule has 2 rings (SSSR count). The maximum atomic E-state index is 5.39. The maximum Gasteiger partial charge on any atom is 0.203 e. The standard InChI is InChI=1S/C17H21NO3/c1-18(2)14-8-6-12(7-9-14)13-10-15(19-3)17(21-5)16(11-13)20-4/h6-11H,1-5H3. The number of hydrogen-bond donors (Lipinski definition) is 0. The molecule has 0 aliphatic rings. The van der Waals surface area contributed by atoms with E-state index in [1.54, 1.807) is 21.3 Å². The summed E-state index contributed by atoms with van der Waals surface area (Å²) < 4.78 is 16.1. The molecule has 0 spiro atoms. The van der Waals surface area contributed by atoms with Gasteiger partial charge in [0.15, 0.2) is 11.5 Å². The Hall–Kier alpha value is -2.36. The van der Waals surface area contributed by atoms with E-state index in [1.807, 2.05) is 26.2 Å². The maximum absolute atomic E-state index is 5.39. The van der Waals surface area contributed by atoms with E-state index in [2.05, 4.69) is 29.2 Å². The number of anilines is 1. The Balaban J connectivity index is 2.48. The van der Waals surface area contributed by atoms with E-state index in [-0.39, 0.29) is 0 Å². The Morgan fingerprint density at radius 2 is 1.24 bits per heavy atom. The largest absolute Gasteiger partial charge is 0.493 e. The van der Waals surface area contributed by atoms with Gasteiger partial charge in [-0.15, -0.1) is 0 Å². The van der Waals surface area contributed by atoms with E-state index in [4.69, 9.17) is 14.2 Å². The minimum atomic E-state index is 0.605. The molecule has 4 heteroatoms. The molecule has 0 aliphatic heterocycles. The molecule has 112 valence electrons. The van der Waals surface area contributed by atoms with Crippen LogP contribution < -0.4 is 19.1 Å². The molecule has 4 nitrogen and oxygen atoms in total. The van der Waals surface area contributed by atoms with Gasteiger partial charge in [-0.3, -0.25) is 0 Å². The fraction of sp³-hybridized carbons (Fsp3) is 0.294. The summed E-state index contributed by atoms with van der Waals surface area (Å²) in [6.45, 7) is 0. The van der Waals surface area contributed by atoms with E-state index in [0.717, 1.165) is 16.8 Å². The smallest absolute Gasteiger partial charge is 0.203 e. The predicted molar refractivity (Wildman–Crippen MR) is 85.9 cm³/mol. The predicted octanol–water partition coefficient (Wildman–Crippen LogP) is 3.45. The molecule has 0 unspecified atom stereocenters. The minimum Gasteiger partial charge on any atom is -0.493 e. The lowest BCUT2D eigenvalue weighted by Gasteiger charge is -2.15. The topological polar surface area (TPSA) is 30.9 Å². The highest BCUT2D eigenvalue weighted by molar-refractivity contribution is 5.72. The summed E-state index contributed by atoms with van der Waals surface area (Å²) in [5.74, 6) is 1.92. The summed E-state index contributed by atoms with van der Waals surface area (Å²) in [4.78, 5) is 2.07. The monoisotopic (exact) mass is 287 g/mol. The van der Waals surface area contributed by atoms with Crippen LogP contribution in [0.4, 0.5) is 5.69 Å². The number of methoxy groups -OCH3 is 3. The highest BCUT2D eigenvalue weighted by Gasteiger charge is 2.14. The normalized spacial score (nSPS) is 10.1. The minimum absolute atomic E-state index is 0.605. The Morgan fingerprint density at radius 3 is 1.62 bits per heavy atom. The molecule has 2 aromatic rings. The van der Waals surface area contributed by atoms with Gasteiger partial charge in [0.05, 0.1) is 21.3 Å². The third-order valence-electron chi connectivity index (χ3n) is 3.38. The molecule has 0 aliphatic carbocycles. The molecule has 0 amide bonds. The van der Waals surface area contributed by atoms with E-state index in [1.165, 1.54) is 0 Å². The van der Waals surface area contributed by atoms with Crippen molar-refractivity contribution < 1.29 is 14.2 Å². The molecule has 2 aromatic carbocycles. The van der Waals surface area contributed by atoms with Crippen LogP contribution in [0, 0.1) is 0 Å². The van der Waals surface area contributed by atoms with Crippen LogP contribution in [-0.2, 0) is 0 Å². The second-order valence-electron chi connectivity index (χ2n) is 4.86. The van der Waals surface area contributed by atoms with Crippen molar-refractivity contribution in [3.05, 3.63) is 36.4 Å². The number of ether oxygens (including phenoxy) is 3. The number of nitrogens with zero attached hydrogens (tertiary/aromatic N) is 1. The van der Waals surface area contributed by atoms with Crippen LogP contribution in [0.3, 0.4) is 0 Å². The van der Waals surface area contributed by atoms with Crippen LogP contribution in [0.1, 0.15) is 0 Å². The van der Waals surface area contributed by atoms with Crippen molar-refractivity contribution in [3.63, 3.8) is 0 Å². The molecule has 0 aromatic heterocycles. The van der Waals surface area contributed by atoms with Crippen LogP contribution in [0.25, 0.3) is 11.1 Å². The molecule has 0 heterocycles. The summed E-state index contributed by atoms with van der Waals surface area (Å²) in [6.07, 6.45) is 0. The lowest BCUT2D eigenvalue weighted by atomic mass is 10.0. The van der Waals surface area contributed by atoms with Gasteiger partial charge < -0.3 is 19.1 Å². The average Bonchev–Trinajstić information content (AvgIpc) is 2.53. The van der Waals surface area contributed by atoms with Crippen LogP contribution in [0.5, 0.6) is 17.2 Å². The van der Waals surface area contributed by atoms with Crippen molar-refractivity contribution in [2.24, 2.45) is 0 Å². The third kappa shape index (κ3) is 3.05. The highest BCUT2D eigenvalue weighted by atomic mass is 16.5. The zero-order valence-electron chi connectivity index (χ0n) is 13.1. The number of rotatable bonds is 5.